The molecule has 0 aliphatic carbocycles. The molecule has 1 aliphatic rings. The molecule has 1 saturated heterocycles. The lowest BCUT2D eigenvalue weighted by atomic mass is 10.0. The van der Waals surface area contributed by atoms with Crippen molar-refractivity contribution in [3.05, 3.63) is 53.6 Å². The van der Waals surface area contributed by atoms with Crippen molar-refractivity contribution < 1.29 is 19.0 Å². The van der Waals surface area contributed by atoms with Crippen molar-refractivity contribution in [2.75, 3.05) is 27.9 Å². The highest BCUT2D eigenvalue weighted by Gasteiger charge is 2.31. The molecule has 0 radical (unpaired) electrons. The first-order valence-electron chi connectivity index (χ1n) is 8.35. The fraction of sp³-hybridized carbons (Fsp3) is 0.350. The van der Waals surface area contributed by atoms with Gasteiger partial charge in [-0.1, -0.05) is 12.1 Å². The van der Waals surface area contributed by atoms with Crippen LogP contribution in [0.15, 0.2) is 42.5 Å². The summed E-state index contributed by atoms with van der Waals surface area (Å²) in [5, 5.41) is 0. The Kier molecular flexibility index (Phi) is 5.12. The van der Waals surface area contributed by atoms with Crippen molar-refractivity contribution in [3.63, 3.8) is 0 Å². The zero-order valence-corrected chi connectivity index (χ0v) is 14.8. The summed E-state index contributed by atoms with van der Waals surface area (Å²) >= 11 is 0. The number of rotatable bonds is 5. The molecule has 0 N–H and O–H groups in total. The van der Waals surface area contributed by atoms with Gasteiger partial charge in [0.1, 0.15) is 5.75 Å². The smallest absolute Gasteiger partial charge is 0.254 e. The van der Waals surface area contributed by atoms with E-state index in [2.05, 4.69) is 0 Å². The van der Waals surface area contributed by atoms with E-state index in [0.717, 1.165) is 30.7 Å². The molecule has 2 aromatic rings. The van der Waals surface area contributed by atoms with Crippen LogP contribution in [0, 0.1) is 0 Å². The molecular weight excluding hydrogens is 318 g/mol. The minimum atomic E-state index is 0.00581. The summed E-state index contributed by atoms with van der Waals surface area (Å²) in [5.41, 5.74) is 1.71. The first-order chi connectivity index (χ1) is 12.2. The van der Waals surface area contributed by atoms with E-state index < -0.39 is 0 Å². The third-order valence-corrected chi connectivity index (χ3v) is 4.62. The first-order valence-corrected chi connectivity index (χ1v) is 8.35. The van der Waals surface area contributed by atoms with Crippen LogP contribution in [0.25, 0.3) is 0 Å². The summed E-state index contributed by atoms with van der Waals surface area (Å²) in [5.74, 6) is 1.99. The predicted molar refractivity (Wildman–Crippen MR) is 95.6 cm³/mol. The predicted octanol–water partition coefficient (Wildman–Crippen LogP) is 3.69. The van der Waals surface area contributed by atoms with Gasteiger partial charge in [-0.3, -0.25) is 4.79 Å². The van der Waals surface area contributed by atoms with Gasteiger partial charge in [-0.25, -0.2) is 0 Å². The minimum absolute atomic E-state index is 0.00581. The van der Waals surface area contributed by atoms with Crippen LogP contribution >= 0.6 is 0 Å². The highest BCUT2D eigenvalue weighted by molar-refractivity contribution is 5.95. The van der Waals surface area contributed by atoms with Gasteiger partial charge < -0.3 is 19.1 Å². The highest BCUT2D eigenvalue weighted by Crippen LogP contribution is 2.35. The molecule has 1 aliphatic heterocycles. The molecule has 5 nitrogen and oxygen atoms in total. The fourth-order valence-corrected chi connectivity index (χ4v) is 3.34. The van der Waals surface area contributed by atoms with E-state index in [1.54, 1.807) is 39.5 Å². The Balaban J connectivity index is 1.88. The zero-order chi connectivity index (χ0) is 17.8. The van der Waals surface area contributed by atoms with Crippen LogP contribution in [0.1, 0.15) is 34.8 Å². The second-order valence-electron chi connectivity index (χ2n) is 6.00. The van der Waals surface area contributed by atoms with Crippen LogP contribution in [-0.2, 0) is 0 Å². The van der Waals surface area contributed by atoms with Crippen LogP contribution < -0.4 is 14.2 Å². The van der Waals surface area contributed by atoms with Crippen molar-refractivity contribution in [1.82, 2.24) is 4.90 Å². The van der Waals surface area contributed by atoms with Gasteiger partial charge >= 0.3 is 0 Å². The van der Waals surface area contributed by atoms with Crippen LogP contribution in [0.2, 0.25) is 0 Å². The standard InChI is InChI=1S/C20H23NO4/c1-23-16-7-4-6-14(12-16)17-8-5-11-21(17)20(22)15-9-10-18(24-2)19(13-15)25-3/h4,6-7,9-10,12-13,17H,5,8,11H2,1-3H3. The average Bonchev–Trinajstić information content (AvgIpc) is 3.16. The normalized spacial score (nSPS) is 16.6. The molecule has 1 fully saturated rings. The average molecular weight is 341 g/mol. The third kappa shape index (κ3) is 3.40. The highest BCUT2D eigenvalue weighted by atomic mass is 16.5. The Bertz CT molecular complexity index is 759. The summed E-state index contributed by atoms with van der Waals surface area (Å²) < 4.78 is 15.9. The molecule has 1 heterocycles. The number of methoxy groups -OCH3 is 3. The van der Waals surface area contributed by atoms with Gasteiger partial charge in [0.25, 0.3) is 5.91 Å². The number of hydrogen-bond donors (Lipinski definition) is 0. The number of benzene rings is 2. The molecule has 3 rings (SSSR count). The van der Waals surface area contributed by atoms with Gasteiger partial charge in [0.2, 0.25) is 0 Å². The van der Waals surface area contributed by atoms with Crippen LogP contribution in [-0.4, -0.2) is 38.7 Å². The lowest BCUT2D eigenvalue weighted by molar-refractivity contribution is 0.0735. The summed E-state index contributed by atoms with van der Waals surface area (Å²) in [6.07, 6.45) is 1.94. The summed E-state index contributed by atoms with van der Waals surface area (Å²) in [6.45, 7) is 0.745. The van der Waals surface area contributed by atoms with E-state index in [-0.39, 0.29) is 11.9 Å². The van der Waals surface area contributed by atoms with Crippen LogP contribution in [0.4, 0.5) is 0 Å². The van der Waals surface area contributed by atoms with Crippen molar-refractivity contribution in [1.29, 1.82) is 0 Å². The number of amides is 1. The van der Waals surface area contributed by atoms with Crippen molar-refractivity contribution in [2.45, 2.75) is 18.9 Å². The molecule has 5 heteroatoms. The molecule has 132 valence electrons. The molecule has 0 saturated carbocycles. The van der Waals surface area contributed by atoms with E-state index in [4.69, 9.17) is 14.2 Å². The zero-order valence-electron chi connectivity index (χ0n) is 14.8. The number of carbonyl (C=O) groups excluding carboxylic acids is 1. The Morgan fingerprint density at radius 1 is 1.00 bits per heavy atom. The van der Waals surface area contributed by atoms with Gasteiger partial charge in [0.15, 0.2) is 11.5 Å². The van der Waals surface area contributed by atoms with Crippen LogP contribution in [0.3, 0.4) is 0 Å². The quantitative estimate of drug-likeness (QED) is 0.832. The Hall–Kier alpha value is -2.69. The molecule has 0 aromatic heterocycles. The van der Waals surface area contributed by atoms with Gasteiger partial charge in [0.05, 0.1) is 27.4 Å². The summed E-state index contributed by atoms with van der Waals surface area (Å²) in [4.78, 5) is 15.0. The van der Waals surface area contributed by atoms with Crippen molar-refractivity contribution >= 4 is 5.91 Å². The van der Waals surface area contributed by atoms with E-state index >= 15 is 0 Å². The summed E-state index contributed by atoms with van der Waals surface area (Å²) in [7, 11) is 4.81. The monoisotopic (exact) mass is 341 g/mol. The number of nitrogens with zero attached hydrogens (tertiary/aromatic N) is 1. The number of likely N-dealkylation sites (tertiary alicyclic amines) is 1. The number of hydrogen-bond acceptors (Lipinski definition) is 4. The van der Waals surface area contributed by atoms with E-state index in [0.29, 0.717) is 17.1 Å². The Morgan fingerprint density at radius 3 is 2.52 bits per heavy atom. The van der Waals surface area contributed by atoms with Gasteiger partial charge in [0, 0.05) is 12.1 Å². The van der Waals surface area contributed by atoms with E-state index in [1.165, 1.54) is 0 Å². The van der Waals surface area contributed by atoms with Crippen molar-refractivity contribution in [3.8, 4) is 17.2 Å². The molecular formula is C20H23NO4. The SMILES string of the molecule is COc1cccc(C2CCCN2C(=O)c2ccc(OC)c(OC)c2)c1. The van der Waals surface area contributed by atoms with Gasteiger partial charge in [-0.05, 0) is 48.7 Å². The third-order valence-electron chi connectivity index (χ3n) is 4.62. The topological polar surface area (TPSA) is 48.0 Å². The van der Waals surface area contributed by atoms with Crippen LogP contribution in [0.5, 0.6) is 17.2 Å². The largest absolute Gasteiger partial charge is 0.497 e. The molecule has 1 atom stereocenters. The minimum Gasteiger partial charge on any atom is -0.497 e. The van der Waals surface area contributed by atoms with Crippen molar-refractivity contribution in [2.24, 2.45) is 0 Å². The molecule has 0 bridgehead atoms. The Labute approximate surface area is 148 Å². The molecule has 0 spiro atoms. The molecule has 1 amide bonds. The Morgan fingerprint density at radius 2 is 1.80 bits per heavy atom. The molecule has 25 heavy (non-hydrogen) atoms. The fourth-order valence-electron chi connectivity index (χ4n) is 3.34. The maximum atomic E-state index is 13.1. The maximum absolute atomic E-state index is 13.1. The summed E-state index contributed by atoms with van der Waals surface area (Å²) in [6, 6.07) is 13.3. The molecule has 1 unspecified atom stereocenters. The lowest BCUT2D eigenvalue weighted by Gasteiger charge is -2.25. The number of ether oxygens (including phenoxy) is 3. The maximum Gasteiger partial charge on any atom is 0.254 e. The second kappa shape index (κ2) is 7.47. The second-order valence-corrected chi connectivity index (χ2v) is 6.00. The van der Waals surface area contributed by atoms with E-state index in [1.807, 2.05) is 29.2 Å². The lowest BCUT2D eigenvalue weighted by Crippen LogP contribution is -2.30. The van der Waals surface area contributed by atoms with Gasteiger partial charge in [-0.15, -0.1) is 0 Å². The number of carbonyl (C=O) groups is 1. The molecule has 2 aromatic carbocycles. The van der Waals surface area contributed by atoms with E-state index in [9.17, 15) is 4.79 Å². The first kappa shape index (κ1) is 17.1. The van der Waals surface area contributed by atoms with Gasteiger partial charge in [-0.2, -0.15) is 0 Å².